The van der Waals surface area contributed by atoms with Crippen LogP contribution in [-0.4, -0.2) is 35.7 Å². The molecule has 0 aliphatic heterocycles. The summed E-state index contributed by atoms with van der Waals surface area (Å²) in [4.78, 5) is 21.4. The van der Waals surface area contributed by atoms with E-state index in [1.165, 1.54) is 18.7 Å². The fourth-order valence-corrected chi connectivity index (χ4v) is 3.49. The van der Waals surface area contributed by atoms with Crippen molar-refractivity contribution in [3.8, 4) is 11.3 Å². The highest BCUT2D eigenvalue weighted by molar-refractivity contribution is 6.30. The van der Waals surface area contributed by atoms with E-state index in [1.807, 2.05) is 12.1 Å². The van der Waals surface area contributed by atoms with Gasteiger partial charge in [-0.15, -0.1) is 15.3 Å². The van der Waals surface area contributed by atoms with E-state index < -0.39 is 11.9 Å². The minimum Gasteiger partial charge on any atom is -0.472 e. The number of carbonyl (C=O) groups is 1. The number of hydrogen-bond donors (Lipinski definition) is 3. The molecule has 1 amide bonds. The molecule has 5 rings (SSSR count). The number of hydrogen-bond acceptors (Lipinski definition) is 9. The van der Waals surface area contributed by atoms with Gasteiger partial charge in [0, 0.05) is 16.3 Å². The van der Waals surface area contributed by atoms with Crippen molar-refractivity contribution < 1.29 is 9.21 Å². The first-order chi connectivity index (χ1) is 16.5. The van der Waals surface area contributed by atoms with Crippen molar-refractivity contribution in [3.63, 3.8) is 0 Å². The SMILES string of the molecule is C[C@@H](NC(=O)c1nc(-c2ccoc2)cnc1N)c1nnc2ccc(Nc3cccc(Cl)c3)nn12. The number of nitrogens with one attached hydrogen (secondary N) is 2. The third-order valence-corrected chi connectivity index (χ3v) is 5.19. The molecule has 5 aromatic rings. The van der Waals surface area contributed by atoms with E-state index in [-0.39, 0.29) is 11.5 Å². The van der Waals surface area contributed by atoms with Crippen molar-refractivity contribution >= 4 is 40.5 Å². The average molecular weight is 476 g/mol. The van der Waals surface area contributed by atoms with Gasteiger partial charge >= 0.3 is 0 Å². The highest BCUT2D eigenvalue weighted by atomic mass is 35.5. The second-order valence-corrected chi connectivity index (χ2v) is 7.81. The number of aromatic nitrogens is 6. The van der Waals surface area contributed by atoms with E-state index in [0.717, 1.165) is 5.69 Å². The fraction of sp³-hybridized carbons (Fsp3) is 0.0909. The number of nitrogen functional groups attached to an aromatic ring is 1. The molecule has 0 radical (unpaired) electrons. The summed E-state index contributed by atoms with van der Waals surface area (Å²) < 4.78 is 6.62. The normalized spacial score (nSPS) is 11.9. The molecule has 0 aliphatic rings. The van der Waals surface area contributed by atoms with E-state index in [9.17, 15) is 4.79 Å². The summed E-state index contributed by atoms with van der Waals surface area (Å²) in [5, 5.41) is 19.5. The predicted octanol–water partition coefficient (Wildman–Crippen LogP) is 3.64. The van der Waals surface area contributed by atoms with Crippen molar-refractivity contribution in [2.75, 3.05) is 11.1 Å². The van der Waals surface area contributed by atoms with E-state index in [2.05, 4.69) is 35.9 Å². The minimum absolute atomic E-state index is 0.00404. The van der Waals surface area contributed by atoms with Crippen LogP contribution in [0.4, 0.5) is 17.3 Å². The number of anilines is 3. The predicted molar refractivity (Wildman–Crippen MR) is 126 cm³/mol. The number of carbonyl (C=O) groups excluding carboxylic acids is 1. The van der Waals surface area contributed by atoms with E-state index >= 15 is 0 Å². The zero-order chi connectivity index (χ0) is 23.7. The molecule has 170 valence electrons. The summed E-state index contributed by atoms with van der Waals surface area (Å²) in [7, 11) is 0. The van der Waals surface area contributed by atoms with Crippen LogP contribution in [0.3, 0.4) is 0 Å². The van der Waals surface area contributed by atoms with Crippen LogP contribution in [-0.2, 0) is 0 Å². The molecule has 0 saturated heterocycles. The fourth-order valence-electron chi connectivity index (χ4n) is 3.30. The maximum absolute atomic E-state index is 12.9. The Bertz CT molecular complexity index is 1480. The lowest BCUT2D eigenvalue weighted by atomic mass is 10.2. The summed E-state index contributed by atoms with van der Waals surface area (Å²) >= 11 is 6.06. The smallest absolute Gasteiger partial charge is 0.274 e. The molecule has 34 heavy (non-hydrogen) atoms. The topological polar surface area (TPSA) is 149 Å². The molecule has 0 fully saturated rings. The highest BCUT2D eigenvalue weighted by Crippen LogP contribution is 2.21. The Balaban J connectivity index is 1.39. The Labute approximate surface area is 198 Å². The van der Waals surface area contributed by atoms with Crippen molar-refractivity contribution in [1.82, 2.24) is 35.1 Å². The Morgan fingerprint density at radius 1 is 1.21 bits per heavy atom. The van der Waals surface area contributed by atoms with E-state index in [0.29, 0.717) is 33.6 Å². The Morgan fingerprint density at radius 2 is 2.09 bits per heavy atom. The molecule has 0 bridgehead atoms. The molecule has 0 unspecified atom stereocenters. The van der Waals surface area contributed by atoms with Gasteiger partial charge in [-0.25, -0.2) is 9.97 Å². The third kappa shape index (κ3) is 4.24. The van der Waals surface area contributed by atoms with Crippen molar-refractivity contribution in [2.24, 2.45) is 0 Å². The van der Waals surface area contributed by atoms with Crippen LogP contribution >= 0.6 is 11.6 Å². The van der Waals surface area contributed by atoms with Gasteiger partial charge in [-0.2, -0.15) is 4.52 Å². The summed E-state index contributed by atoms with van der Waals surface area (Å²) in [5.41, 5.74) is 8.36. The first-order valence-electron chi connectivity index (χ1n) is 10.2. The first-order valence-corrected chi connectivity index (χ1v) is 10.6. The van der Waals surface area contributed by atoms with Crippen LogP contribution in [0, 0.1) is 0 Å². The molecular formula is C22H18ClN9O2. The molecular weight excluding hydrogens is 458 g/mol. The molecule has 1 aromatic carbocycles. The largest absolute Gasteiger partial charge is 0.472 e. The van der Waals surface area contributed by atoms with Crippen LogP contribution < -0.4 is 16.4 Å². The van der Waals surface area contributed by atoms with Crippen LogP contribution in [0.25, 0.3) is 16.9 Å². The van der Waals surface area contributed by atoms with Gasteiger partial charge in [0.05, 0.1) is 30.5 Å². The molecule has 4 aromatic heterocycles. The maximum atomic E-state index is 12.9. The van der Waals surface area contributed by atoms with Gasteiger partial charge in [0.25, 0.3) is 5.91 Å². The molecule has 0 spiro atoms. The van der Waals surface area contributed by atoms with Crippen LogP contribution in [0.15, 0.2) is 65.6 Å². The number of amides is 1. The van der Waals surface area contributed by atoms with Gasteiger partial charge in [0.15, 0.2) is 28.8 Å². The van der Waals surface area contributed by atoms with Gasteiger partial charge in [0.1, 0.15) is 0 Å². The zero-order valence-corrected chi connectivity index (χ0v) is 18.6. The maximum Gasteiger partial charge on any atom is 0.274 e. The number of furan rings is 1. The second kappa shape index (κ2) is 8.79. The Kier molecular flexibility index (Phi) is 5.52. The lowest BCUT2D eigenvalue weighted by Gasteiger charge is -2.13. The van der Waals surface area contributed by atoms with E-state index in [4.69, 9.17) is 21.8 Å². The van der Waals surface area contributed by atoms with E-state index in [1.54, 1.807) is 41.8 Å². The van der Waals surface area contributed by atoms with Crippen LogP contribution in [0.2, 0.25) is 5.02 Å². The number of benzene rings is 1. The Hall–Kier alpha value is -4.51. The minimum atomic E-state index is -0.560. The molecule has 0 saturated carbocycles. The monoisotopic (exact) mass is 475 g/mol. The highest BCUT2D eigenvalue weighted by Gasteiger charge is 2.21. The molecule has 1 atom stereocenters. The van der Waals surface area contributed by atoms with Gasteiger partial charge in [-0.3, -0.25) is 4.79 Å². The molecule has 4 N–H and O–H groups in total. The summed E-state index contributed by atoms with van der Waals surface area (Å²) in [6, 6.07) is 12.0. The number of fused-ring (bicyclic) bond motifs is 1. The van der Waals surface area contributed by atoms with Gasteiger partial charge in [-0.05, 0) is 43.3 Å². The van der Waals surface area contributed by atoms with Crippen molar-refractivity contribution in [1.29, 1.82) is 0 Å². The van der Waals surface area contributed by atoms with Gasteiger partial charge in [-0.1, -0.05) is 17.7 Å². The second-order valence-electron chi connectivity index (χ2n) is 7.38. The van der Waals surface area contributed by atoms with Crippen molar-refractivity contribution in [2.45, 2.75) is 13.0 Å². The molecule has 4 heterocycles. The number of halogens is 1. The first kappa shape index (κ1) is 21.3. The Morgan fingerprint density at radius 3 is 2.88 bits per heavy atom. The summed E-state index contributed by atoms with van der Waals surface area (Å²) in [5.74, 6) is 0.481. The lowest BCUT2D eigenvalue weighted by Crippen LogP contribution is -2.30. The van der Waals surface area contributed by atoms with Crippen LogP contribution in [0.1, 0.15) is 29.3 Å². The van der Waals surface area contributed by atoms with Gasteiger partial charge < -0.3 is 20.8 Å². The average Bonchev–Trinajstić information content (AvgIpc) is 3.49. The standard InChI is InChI=1S/C22H18ClN9O2/c1-12(26-22(33)19-20(24)25-10-16(28-19)13-7-8-34-11-13)21-30-29-18-6-5-17(31-32(18)21)27-15-4-2-3-14(23)9-15/h2-12H,1H3,(H2,24,25)(H,26,33)(H,27,31)/t12-/m1/s1. The zero-order valence-electron chi connectivity index (χ0n) is 17.8. The van der Waals surface area contributed by atoms with Crippen LogP contribution in [0.5, 0.6) is 0 Å². The third-order valence-electron chi connectivity index (χ3n) is 4.95. The summed E-state index contributed by atoms with van der Waals surface area (Å²) in [6.07, 6.45) is 4.49. The lowest BCUT2D eigenvalue weighted by molar-refractivity contribution is 0.0933. The van der Waals surface area contributed by atoms with Gasteiger partial charge in [0.2, 0.25) is 0 Å². The molecule has 0 aliphatic carbocycles. The number of nitrogens with zero attached hydrogens (tertiary/aromatic N) is 6. The summed E-state index contributed by atoms with van der Waals surface area (Å²) in [6.45, 7) is 1.76. The van der Waals surface area contributed by atoms with Crippen molar-refractivity contribution in [3.05, 3.63) is 77.7 Å². The molecule has 12 heteroatoms. The number of rotatable bonds is 6. The number of nitrogens with two attached hydrogens (primary N) is 1. The quantitative estimate of drug-likeness (QED) is 0.334. The molecule has 11 nitrogen and oxygen atoms in total.